The van der Waals surface area contributed by atoms with Crippen molar-refractivity contribution in [3.05, 3.63) is 6.33 Å². The highest BCUT2D eigenvalue weighted by Crippen LogP contribution is 2.20. The molecule has 1 rings (SSSR count). The minimum absolute atomic E-state index is 0.000370. The van der Waals surface area contributed by atoms with Crippen LogP contribution in [-0.4, -0.2) is 48.9 Å². The first-order valence-corrected chi connectivity index (χ1v) is 6.96. The first-order valence-electron chi connectivity index (χ1n) is 5.52. The fraction of sp³-hybridized carbons (Fsp3) is 0.600. The van der Waals surface area contributed by atoms with Crippen molar-refractivity contribution >= 4 is 21.8 Å². The third-order valence-electron chi connectivity index (χ3n) is 2.70. The van der Waals surface area contributed by atoms with Gasteiger partial charge in [0.15, 0.2) is 10.8 Å². The van der Waals surface area contributed by atoms with Crippen molar-refractivity contribution < 1.29 is 17.9 Å². The van der Waals surface area contributed by atoms with Gasteiger partial charge in [-0.2, -0.15) is 4.31 Å². The molecule has 8 nitrogen and oxygen atoms in total. The second-order valence-corrected chi connectivity index (χ2v) is 6.22. The van der Waals surface area contributed by atoms with Gasteiger partial charge in [-0.1, -0.05) is 6.92 Å². The van der Waals surface area contributed by atoms with E-state index in [1.165, 1.54) is 32.1 Å². The van der Waals surface area contributed by atoms with E-state index < -0.39 is 21.9 Å². The number of nitrogen functional groups attached to an aromatic ring is 1. The minimum Gasteiger partial charge on any atom is -0.469 e. The number of carbonyl (C=O) groups is 1. The Kier molecular flexibility index (Phi) is 4.53. The summed E-state index contributed by atoms with van der Waals surface area (Å²) in [6.45, 7) is 1.59. The largest absolute Gasteiger partial charge is 0.469 e. The molecule has 0 aliphatic carbocycles. The van der Waals surface area contributed by atoms with E-state index in [4.69, 9.17) is 5.73 Å². The van der Waals surface area contributed by atoms with Crippen molar-refractivity contribution in [1.29, 1.82) is 0 Å². The molecule has 0 bridgehead atoms. The van der Waals surface area contributed by atoms with Gasteiger partial charge >= 0.3 is 5.97 Å². The van der Waals surface area contributed by atoms with E-state index in [1.807, 2.05) is 0 Å². The van der Waals surface area contributed by atoms with Crippen molar-refractivity contribution in [2.75, 3.05) is 26.4 Å². The molecule has 0 aliphatic heterocycles. The van der Waals surface area contributed by atoms with Crippen LogP contribution in [0.5, 0.6) is 0 Å². The zero-order chi connectivity index (χ0) is 14.8. The van der Waals surface area contributed by atoms with Crippen LogP contribution >= 0.6 is 0 Å². The Morgan fingerprint density at radius 2 is 2.21 bits per heavy atom. The van der Waals surface area contributed by atoms with Gasteiger partial charge in [0.05, 0.1) is 19.4 Å². The third-order valence-corrected chi connectivity index (χ3v) is 4.65. The highest BCUT2D eigenvalue weighted by molar-refractivity contribution is 7.89. The molecule has 1 aromatic heterocycles. The number of anilines is 1. The number of nitrogens with two attached hydrogens (primary N) is 1. The summed E-state index contributed by atoms with van der Waals surface area (Å²) in [5.74, 6) is -1.11. The molecular formula is C10H18N4O4S. The van der Waals surface area contributed by atoms with Crippen molar-refractivity contribution in [3.8, 4) is 0 Å². The number of aromatic nitrogens is 2. The number of methoxy groups -OCH3 is 1. The van der Waals surface area contributed by atoms with Gasteiger partial charge in [-0.3, -0.25) is 4.79 Å². The Morgan fingerprint density at radius 3 is 2.63 bits per heavy atom. The molecule has 2 N–H and O–H groups in total. The van der Waals surface area contributed by atoms with E-state index in [0.29, 0.717) is 0 Å². The number of imidazole rings is 1. The van der Waals surface area contributed by atoms with Crippen LogP contribution in [0.2, 0.25) is 0 Å². The zero-order valence-electron chi connectivity index (χ0n) is 11.3. The van der Waals surface area contributed by atoms with Gasteiger partial charge in [0.2, 0.25) is 0 Å². The summed E-state index contributed by atoms with van der Waals surface area (Å²) in [5, 5.41) is -0.0907. The van der Waals surface area contributed by atoms with Gasteiger partial charge in [0, 0.05) is 20.6 Å². The number of sulfonamides is 1. The van der Waals surface area contributed by atoms with Crippen LogP contribution < -0.4 is 5.73 Å². The normalized spacial score (nSPS) is 13.5. The van der Waals surface area contributed by atoms with Crippen LogP contribution in [0, 0.1) is 5.92 Å². The van der Waals surface area contributed by atoms with Gasteiger partial charge in [-0.05, 0) is 0 Å². The molecule has 9 heteroatoms. The molecule has 1 atom stereocenters. The molecule has 0 aliphatic rings. The highest BCUT2D eigenvalue weighted by Gasteiger charge is 2.29. The van der Waals surface area contributed by atoms with E-state index in [-0.39, 0.29) is 17.4 Å². The fourth-order valence-corrected chi connectivity index (χ4v) is 3.10. The molecule has 0 fully saturated rings. The summed E-state index contributed by atoms with van der Waals surface area (Å²) in [4.78, 5) is 15.0. The zero-order valence-corrected chi connectivity index (χ0v) is 12.1. The van der Waals surface area contributed by atoms with Crippen molar-refractivity contribution in [3.63, 3.8) is 0 Å². The first kappa shape index (κ1) is 15.4. The Bertz CT molecular complexity index is 547. The molecule has 0 aromatic carbocycles. The molecule has 0 radical (unpaired) electrons. The van der Waals surface area contributed by atoms with Gasteiger partial charge in [0.25, 0.3) is 10.0 Å². The summed E-state index contributed by atoms with van der Waals surface area (Å²) in [6, 6.07) is 0. The molecule has 1 heterocycles. The van der Waals surface area contributed by atoms with Crippen LogP contribution in [-0.2, 0) is 26.6 Å². The quantitative estimate of drug-likeness (QED) is 0.728. The van der Waals surface area contributed by atoms with Crippen LogP contribution in [0.25, 0.3) is 0 Å². The number of carbonyl (C=O) groups excluding carboxylic acids is 1. The molecule has 0 saturated heterocycles. The maximum Gasteiger partial charge on any atom is 0.309 e. The standard InChI is InChI=1S/C10H18N4O4S/c1-7(10(15)18-4)5-14(3)19(16,17)9-8(11)12-6-13(9)2/h6-7H,5,11H2,1-4H3. The number of aryl methyl sites for hydroxylation is 1. The monoisotopic (exact) mass is 290 g/mol. The Morgan fingerprint density at radius 1 is 1.63 bits per heavy atom. The average molecular weight is 290 g/mol. The lowest BCUT2D eigenvalue weighted by Crippen LogP contribution is -2.35. The van der Waals surface area contributed by atoms with E-state index >= 15 is 0 Å². The second kappa shape index (κ2) is 5.57. The number of ether oxygens (including phenoxy) is 1. The minimum atomic E-state index is -3.79. The van der Waals surface area contributed by atoms with Crippen molar-refractivity contribution in [1.82, 2.24) is 13.9 Å². The number of nitrogens with zero attached hydrogens (tertiary/aromatic N) is 3. The van der Waals surface area contributed by atoms with Crippen LogP contribution in [0.4, 0.5) is 5.82 Å². The molecule has 0 saturated carbocycles. The SMILES string of the molecule is COC(=O)C(C)CN(C)S(=O)(=O)c1c(N)ncn1C. The Balaban J connectivity index is 2.99. The molecule has 108 valence electrons. The lowest BCUT2D eigenvalue weighted by atomic mass is 10.2. The van der Waals surface area contributed by atoms with Crippen LogP contribution in [0.1, 0.15) is 6.92 Å². The molecule has 1 unspecified atom stereocenters. The second-order valence-electron chi connectivity index (χ2n) is 4.26. The first-order chi connectivity index (χ1) is 8.71. The summed E-state index contributed by atoms with van der Waals surface area (Å²) >= 11 is 0. The lowest BCUT2D eigenvalue weighted by molar-refractivity contribution is -0.144. The predicted octanol–water partition coefficient (Wildman–Crippen LogP) is -0.568. The van der Waals surface area contributed by atoms with E-state index in [0.717, 1.165) is 4.31 Å². The third kappa shape index (κ3) is 3.04. The number of rotatable bonds is 5. The average Bonchev–Trinajstić information content (AvgIpc) is 2.68. The maximum absolute atomic E-state index is 12.3. The van der Waals surface area contributed by atoms with Crippen molar-refractivity contribution in [2.45, 2.75) is 11.9 Å². The maximum atomic E-state index is 12.3. The number of hydrogen-bond donors (Lipinski definition) is 1. The Labute approximate surface area is 112 Å². The predicted molar refractivity (Wildman–Crippen MR) is 68.6 cm³/mol. The smallest absolute Gasteiger partial charge is 0.309 e. The van der Waals surface area contributed by atoms with Crippen LogP contribution in [0.3, 0.4) is 0 Å². The molecule has 0 spiro atoms. The van der Waals surface area contributed by atoms with E-state index in [2.05, 4.69) is 9.72 Å². The molecule has 19 heavy (non-hydrogen) atoms. The summed E-state index contributed by atoms with van der Waals surface area (Å²) < 4.78 is 31.6. The molecule has 0 amide bonds. The van der Waals surface area contributed by atoms with Gasteiger partial charge in [-0.25, -0.2) is 13.4 Å². The highest BCUT2D eigenvalue weighted by atomic mass is 32.2. The summed E-state index contributed by atoms with van der Waals surface area (Å²) in [6.07, 6.45) is 1.32. The molecule has 1 aromatic rings. The molecular weight excluding hydrogens is 272 g/mol. The van der Waals surface area contributed by atoms with E-state index in [1.54, 1.807) is 6.92 Å². The Hall–Kier alpha value is -1.61. The fourth-order valence-electron chi connectivity index (χ4n) is 1.66. The number of hydrogen-bond acceptors (Lipinski definition) is 6. The van der Waals surface area contributed by atoms with E-state index in [9.17, 15) is 13.2 Å². The topological polar surface area (TPSA) is 108 Å². The number of esters is 1. The van der Waals surface area contributed by atoms with Gasteiger partial charge in [0.1, 0.15) is 0 Å². The summed E-state index contributed by atoms with van der Waals surface area (Å²) in [7, 11) is 0.375. The van der Waals surface area contributed by atoms with Crippen LogP contribution in [0.15, 0.2) is 11.4 Å². The van der Waals surface area contributed by atoms with Gasteiger partial charge < -0.3 is 15.0 Å². The lowest BCUT2D eigenvalue weighted by Gasteiger charge is -2.20. The van der Waals surface area contributed by atoms with Gasteiger partial charge in [-0.15, -0.1) is 0 Å². The summed E-state index contributed by atoms with van der Waals surface area (Å²) in [5.41, 5.74) is 5.55. The van der Waals surface area contributed by atoms with Crippen molar-refractivity contribution in [2.24, 2.45) is 13.0 Å².